The number of rotatable bonds is 1. The highest BCUT2D eigenvalue weighted by Crippen LogP contribution is 2.12. The topological polar surface area (TPSA) is 69.6 Å². The molecule has 4 nitrogen and oxygen atoms in total. The second kappa shape index (κ2) is 3.19. The van der Waals surface area contributed by atoms with Gasteiger partial charge in [-0.15, -0.1) is 0 Å². The zero-order valence-corrected chi connectivity index (χ0v) is 6.45. The second-order valence-electron chi connectivity index (χ2n) is 2.99. The number of carboxylic acids is 1. The van der Waals surface area contributed by atoms with E-state index in [0.717, 1.165) is 0 Å². The molecule has 0 radical (unpaired) electrons. The van der Waals surface area contributed by atoms with E-state index in [-0.39, 0.29) is 6.04 Å². The summed E-state index contributed by atoms with van der Waals surface area (Å²) in [5.41, 5.74) is 0. The highest BCUT2D eigenvalue weighted by atomic mass is 16.4. The fourth-order valence-electron chi connectivity index (χ4n) is 1.29. The summed E-state index contributed by atoms with van der Waals surface area (Å²) in [6, 6.07) is -0.585. The molecule has 0 amide bonds. The van der Waals surface area contributed by atoms with Gasteiger partial charge in [-0.1, -0.05) is 0 Å². The van der Waals surface area contributed by atoms with E-state index in [2.05, 4.69) is 5.32 Å². The Kier molecular flexibility index (Phi) is 2.46. The third kappa shape index (κ3) is 1.91. The van der Waals surface area contributed by atoms with E-state index in [9.17, 15) is 9.90 Å². The molecule has 1 saturated heterocycles. The van der Waals surface area contributed by atoms with E-state index in [0.29, 0.717) is 12.8 Å². The monoisotopic (exact) mass is 159 g/mol. The van der Waals surface area contributed by atoms with E-state index in [1.807, 2.05) is 0 Å². The first-order chi connectivity index (χ1) is 5.11. The van der Waals surface area contributed by atoms with Crippen LogP contribution in [0.15, 0.2) is 0 Å². The maximum Gasteiger partial charge on any atom is 0.320 e. The molecule has 0 bridgehead atoms. The smallest absolute Gasteiger partial charge is 0.320 e. The van der Waals surface area contributed by atoms with Crippen LogP contribution >= 0.6 is 0 Å². The molecular weight excluding hydrogens is 146 g/mol. The van der Waals surface area contributed by atoms with Crippen LogP contribution in [0.4, 0.5) is 0 Å². The van der Waals surface area contributed by atoms with Crippen molar-refractivity contribution in [1.29, 1.82) is 0 Å². The molecule has 0 aromatic carbocycles. The molecule has 4 heteroatoms. The predicted octanol–water partition coefficient (Wildman–Crippen LogP) is -0.428. The maximum absolute atomic E-state index is 10.5. The molecule has 1 rings (SSSR count). The molecule has 1 fully saturated rings. The summed E-state index contributed by atoms with van der Waals surface area (Å²) < 4.78 is 0. The SMILES string of the molecule is C[C@@H]1N[C@H](C(=O)O)CC[C@@H]1O. The number of piperidine rings is 1. The summed E-state index contributed by atoms with van der Waals surface area (Å²) in [7, 11) is 0. The number of carbonyl (C=O) groups is 1. The van der Waals surface area contributed by atoms with Gasteiger partial charge < -0.3 is 10.2 Å². The molecule has 0 aromatic rings. The van der Waals surface area contributed by atoms with Crippen LogP contribution in [0.2, 0.25) is 0 Å². The van der Waals surface area contributed by atoms with Gasteiger partial charge in [0.2, 0.25) is 0 Å². The van der Waals surface area contributed by atoms with Crippen molar-refractivity contribution in [3.63, 3.8) is 0 Å². The van der Waals surface area contributed by atoms with E-state index in [1.54, 1.807) is 6.92 Å². The Morgan fingerprint density at radius 3 is 2.64 bits per heavy atom. The summed E-state index contributed by atoms with van der Waals surface area (Å²) >= 11 is 0. The average Bonchev–Trinajstić information content (AvgIpc) is 1.94. The van der Waals surface area contributed by atoms with E-state index in [4.69, 9.17) is 5.11 Å². The van der Waals surface area contributed by atoms with Gasteiger partial charge in [-0.05, 0) is 19.8 Å². The van der Waals surface area contributed by atoms with Gasteiger partial charge in [-0.3, -0.25) is 10.1 Å². The molecule has 0 aromatic heterocycles. The molecule has 3 atom stereocenters. The van der Waals surface area contributed by atoms with Gasteiger partial charge in [-0.2, -0.15) is 0 Å². The van der Waals surface area contributed by atoms with Crippen molar-refractivity contribution in [3.05, 3.63) is 0 Å². The number of aliphatic hydroxyl groups excluding tert-OH is 1. The summed E-state index contributed by atoms with van der Waals surface area (Å²) in [5, 5.41) is 20.6. The molecule has 1 aliphatic heterocycles. The van der Waals surface area contributed by atoms with Crippen molar-refractivity contribution >= 4 is 5.97 Å². The molecule has 0 unspecified atom stereocenters. The average molecular weight is 159 g/mol. The van der Waals surface area contributed by atoms with Gasteiger partial charge in [0, 0.05) is 6.04 Å². The van der Waals surface area contributed by atoms with Crippen LogP contribution in [0.25, 0.3) is 0 Å². The lowest BCUT2D eigenvalue weighted by atomic mass is 9.97. The first-order valence-corrected chi connectivity index (χ1v) is 3.78. The third-order valence-corrected chi connectivity index (χ3v) is 2.09. The molecule has 0 saturated carbocycles. The van der Waals surface area contributed by atoms with E-state index in [1.165, 1.54) is 0 Å². The second-order valence-corrected chi connectivity index (χ2v) is 2.99. The van der Waals surface area contributed by atoms with Crippen LogP contribution in [0, 0.1) is 0 Å². The predicted molar refractivity (Wildman–Crippen MR) is 39.3 cm³/mol. The Morgan fingerprint density at radius 1 is 1.55 bits per heavy atom. The van der Waals surface area contributed by atoms with Crippen LogP contribution in [-0.2, 0) is 4.79 Å². The first kappa shape index (κ1) is 8.49. The third-order valence-electron chi connectivity index (χ3n) is 2.09. The highest BCUT2D eigenvalue weighted by molar-refractivity contribution is 5.73. The van der Waals surface area contributed by atoms with Crippen molar-refractivity contribution < 1.29 is 15.0 Å². The Bertz CT molecular complexity index is 160. The number of hydrogen-bond acceptors (Lipinski definition) is 3. The standard InChI is InChI=1S/C7H13NO3/c1-4-6(9)3-2-5(8-4)7(10)11/h4-6,8-9H,2-3H2,1H3,(H,10,11)/t4-,5-,6-/m0/s1. The summed E-state index contributed by atoms with van der Waals surface area (Å²) in [4.78, 5) is 10.5. The highest BCUT2D eigenvalue weighted by Gasteiger charge is 2.28. The molecule has 11 heavy (non-hydrogen) atoms. The lowest BCUT2D eigenvalue weighted by Gasteiger charge is -2.30. The Labute approximate surface area is 65.2 Å². The first-order valence-electron chi connectivity index (χ1n) is 3.78. The number of hydrogen-bond donors (Lipinski definition) is 3. The molecule has 3 N–H and O–H groups in total. The van der Waals surface area contributed by atoms with Gasteiger partial charge >= 0.3 is 5.97 Å². The minimum absolute atomic E-state index is 0.107. The Hall–Kier alpha value is -0.610. The van der Waals surface area contributed by atoms with Gasteiger partial charge in [-0.25, -0.2) is 0 Å². The minimum Gasteiger partial charge on any atom is -0.480 e. The summed E-state index contributed by atoms with van der Waals surface area (Å²) in [5.74, 6) is -0.830. The van der Waals surface area contributed by atoms with Gasteiger partial charge in [0.25, 0.3) is 0 Å². The van der Waals surface area contributed by atoms with Crippen LogP contribution in [-0.4, -0.2) is 34.4 Å². The zero-order valence-electron chi connectivity index (χ0n) is 6.45. The Balaban J connectivity index is 2.46. The fourth-order valence-corrected chi connectivity index (χ4v) is 1.29. The molecule has 1 heterocycles. The zero-order chi connectivity index (χ0) is 8.43. The maximum atomic E-state index is 10.5. The quantitative estimate of drug-likeness (QED) is 0.485. The fraction of sp³-hybridized carbons (Fsp3) is 0.857. The van der Waals surface area contributed by atoms with Crippen molar-refractivity contribution in [3.8, 4) is 0 Å². The molecule has 0 spiro atoms. The van der Waals surface area contributed by atoms with Gasteiger partial charge in [0.15, 0.2) is 0 Å². The van der Waals surface area contributed by atoms with Crippen molar-refractivity contribution in [2.45, 2.75) is 38.0 Å². The molecular formula is C7H13NO3. The number of nitrogens with one attached hydrogen (secondary N) is 1. The van der Waals surface area contributed by atoms with Crippen molar-refractivity contribution in [2.75, 3.05) is 0 Å². The number of aliphatic carboxylic acids is 1. The lowest BCUT2D eigenvalue weighted by Crippen LogP contribution is -2.51. The van der Waals surface area contributed by atoms with Gasteiger partial charge in [0.05, 0.1) is 6.10 Å². The lowest BCUT2D eigenvalue weighted by molar-refractivity contribution is -0.141. The molecule has 0 aliphatic carbocycles. The van der Waals surface area contributed by atoms with Crippen molar-refractivity contribution in [2.24, 2.45) is 0 Å². The van der Waals surface area contributed by atoms with E-state index >= 15 is 0 Å². The summed E-state index contributed by atoms with van der Waals surface area (Å²) in [6.45, 7) is 1.79. The largest absolute Gasteiger partial charge is 0.480 e. The Morgan fingerprint density at radius 2 is 2.18 bits per heavy atom. The van der Waals surface area contributed by atoms with Crippen LogP contribution in [0.1, 0.15) is 19.8 Å². The number of carboxylic acid groups (broad SMARTS) is 1. The van der Waals surface area contributed by atoms with Crippen LogP contribution in [0.5, 0.6) is 0 Å². The summed E-state index contributed by atoms with van der Waals surface area (Å²) in [6.07, 6.45) is 0.692. The normalized spacial score (nSPS) is 38.5. The molecule has 64 valence electrons. The van der Waals surface area contributed by atoms with Crippen molar-refractivity contribution in [1.82, 2.24) is 5.32 Å². The van der Waals surface area contributed by atoms with Crippen LogP contribution in [0.3, 0.4) is 0 Å². The van der Waals surface area contributed by atoms with Gasteiger partial charge in [0.1, 0.15) is 6.04 Å². The minimum atomic E-state index is -0.830. The van der Waals surface area contributed by atoms with Crippen LogP contribution < -0.4 is 5.32 Å². The number of aliphatic hydroxyl groups is 1. The molecule has 1 aliphatic rings. The van der Waals surface area contributed by atoms with E-state index < -0.39 is 18.1 Å².